The normalized spacial score (nSPS) is 17.1. The van der Waals surface area contributed by atoms with Crippen LogP contribution in [0.2, 0.25) is 0 Å². The van der Waals surface area contributed by atoms with Crippen LogP contribution in [0.15, 0.2) is 17.2 Å². The second kappa shape index (κ2) is 6.94. The number of hydrogen-bond acceptors (Lipinski definition) is 3. The zero-order valence-electron chi connectivity index (χ0n) is 13.2. The fraction of sp³-hybridized carbons (Fsp3) is 0.733. The third-order valence-corrected chi connectivity index (χ3v) is 5.54. The van der Waals surface area contributed by atoms with E-state index in [0.717, 1.165) is 38.0 Å². The maximum absolute atomic E-state index is 12.4. The van der Waals surface area contributed by atoms with Gasteiger partial charge in [0.15, 0.2) is 0 Å². The van der Waals surface area contributed by atoms with Gasteiger partial charge in [-0.15, -0.1) is 0 Å². The van der Waals surface area contributed by atoms with E-state index in [0.29, 0.717) is 17.4 Å². The molecule has 0 amide bonds. The second-order valence-electron chi connectivity index (χ2n) is 5.88. The number of nitrogens with one attached hydrogen (secondary N) is 2. The van der Waals surface area contributed by atoms with Gasteiger partial charge < -0.3 is 9.88 Å². The Hall–Kier alpha value is -0.850. The Kier molecular flexibility index (Phi) is 5.46. The van der Waals surface area contributed by atoms with Crippen molar-refractivity contribution in [1.82, 2.24) is 14.6 Å². The van der Waals surface area contributed by atoms with E-state index in [1.807, 2.05) is 18.4 Å². The first-order valence-corrected chi connectivity index (χ1v) is 9.38. The molecule has 21 heavy (non-hydrogen) atoms. The molecule has 1 fully saturated rings. The molecule has 6 heteroatoms. The van der Waals surface area contributed by atoms with Crippen LogP contribution in [0.5, 0.6) is 0 Å². The van der Waals surface area contributed by atoms with Crippen LogP contribution in [0.25, 0.3) is 0 Å². The number of aromatic nitrogens is 1. The Morgan fingerprint density at radius 2 is 2.10 bits per heavy atom. The molecule has 1 aliphatic carbocycles. The summed E-state index contributed by atoms with van der Waals surface area (Å²) >= 11 is 0. The smallest absolute Gasteiger partial charge is 0.242 e. The number of rotatable bonds is 9. The molecule has 2 N–H and O–H groups in total. The van der Waals surface area contributed by atoms with Crippen LogP contribution in [0.1, 0.15) is 45.7 Å². The fourth-order valence-electron chi connectivity index (χ4n) is 2.51. The molecule has 0 spiro atoms. The van der Waals surface area contributed by atoms with Crippen LogP contribution in [0.4, 0.5) is 0 Å². The lowest BCUT2D eigenvalue weighted by Gasteiger charge is -2.11. The molecule has 0 aromatic carbocycles. The average Bonchev–Trinajstić information content (AvgIpc) is 3.19. The summed E-state index contributed by atoms with van der Waals surface area (Å²) in [6, 6.07) is 1.82. The van der Waals surface area contributed by atoms with Crippen molar-refractivity contribution in [3.05, 3.63) is 18.0 Å². The summed E-state index contributed by atoms with van der Waals surface area (Å²) in [5.41, 5.74) is 1.02. The predicted molar refractivity (Wildman–Crippen MR) is 84.6 cm³/mol. The highest BCUT2D eigenvalue weighted by atomic mass is 32.2. The predicted octanol–water partition coefficient (Wildman–Crippen LogP) is 2.08. The van der Waals surface area contributed by atoms with Crippen LogP contribution in [0.3, 0.4) is 0 Å². The van der Waals surface area contributed by atoms with Gasteiger partial charge in [0.1, 0.15) is 0 Å². The van der Waals surface area contributed by atoms with Crippen molar-refractivity contribution < 1.29 is 8.42 Å². The minimum Gasteiger partial charge on any atom is -0.349 e. The summed E-state index contributed by atoms with van der Waals surface area (Å²) in [5.74, 6) is 0.513. The van der Waals surface area contributed by atoms with E-state index in [4.69, 9.17) is 0 Å². The Bertz CT molecular complexity index is 561. The first-order chi connectivity index (χ1) is 9.97. The topological polar surface area (TPSA) is 63.1 Å². The van der Waals surface area contributed by atoms with Gasteiger partial charge in [-0.2, -0.15) is 0 Å². The van der Waals surface area contributed by atoms with Crippen LogP contribution in [-0.4, -0.2) is 25.6 Å². The zero-order chi connectivity index (χ0) is 15.5. The lowest BCUT2D eigenvalue weighted by molar-refractivity contribution is 0.538. The van der Waals surface area contributed by atoms with E-state index in [-0.39, 0.29) is 6.04 Å². The van der Waals surface area contributed by atoms with E-state index in [2.05, 4.69) is 17.0 Å². The van der Waals surface area contributed by atoms with Gasteiger partial charge >= 0.3 is 0 Å². The molecular weight excluding hydrogens is 286 g/mol. The molecule has 1 saturated carbocycles. The first-order valence-electron chi connectivity index (χ1n) is 7.90. The molecule has 1 heterocycles. The molecule has 0 aliphatic heterocycles. The van der Waals surface area contributed by atoms with Crippen LogP contribution >= 0.6 is 0 Å². The van der Waals surface area contributed by atoms with Gasteiger partial charge in [0, 0.05) is 31.0 Å². The fourth-order valence-corrected chi connectivity index (χ4v) is 3.89. The molecule has 2 rings (SSSR count). The quantitative estimate of drug-likeness (QED) is 0.686. The first kappa shape index (κ1) is 16.5. The van der Waals surface area contributed by atoms with E-state index in [1.54, 1.807) is 12.3 Å². The maximum atomic E-state index is 12.4. The molecular formula is C15H27N3O2S. The standard InChI is InChI=1S/C15H27N3O2S/c1-4-8-16-10-14-9-15(11-18(14)5-2)21(19,20)17-12(3)13-6-7-13/h9,11-13,16-17H,4-8,10H2,1-3H3. The molecule has 1 atom stereocenters. The minimum absolute atomic E-state index is 0.0293. The van der Waals surface area contributed by atoms with Crippen molar-refractivity contribution in [2.45, 2.75) is 64.1 Å². The van der Waals surface area contributed by atoms with Crippen LogP contribution < -0.4 is 10.0 Å². The van der Waals surface area contributed by atoms with Gasteiger partial charge in [0.05, 0.1) is 4.90 Å². The van der Waals surface area contributed by atoms with Crippen LogP contribution in [-0.2, 0) is 23.1 Å². The largest absolute Gasteiger partial charge is 0.349 e. The van der Waals surface area contributed by atoms with Crippen LogP contribution in [0, 0.1) is 5.92 Å². The average molecular weight is 313 g/mol. The van der Waals surface area contributed by atoms with Gasteiger partial charge in [-0.25, -0.2) is 13.1 Å². The van der Waals surface area contributed by atoms with Crippen molar-refractivity contribution >= 4 is 10.0 Å². The summed E-state index contributed by atoms with van der Waals surface area (Å²) in [5, 5.41) is 3.32. The van der Waals surface area contributed by atoms with Crippen molar-refractivity contribution in [3.8, 4) is 0 Å². The monoisotopic (exact) mass is 313 g/mol. The molecule has 1 aliphatic rings. The molecule has 5 nitrogen and oxygen atoms in total. The minimum atomic E-state index is -3.41. The third-order valence-electron chi connectivity index (χ3n) is 4.01. The highest BCUT2D eigenvalue weighted by molar-refractivity contribution is 7.89. The molecule has 1 aromatic heterocycles. The molecule has 0 saturated heterocycles. The van der Waals surface area contributed by atoms with Gasteiger partial charge in [-0.3, -0.25) is 0 Å². The zero-order valence-corrected chi connectivity index (χ0v) is 14.0. The lowest BCUT2D eigenvalue weighted by atomic mass is 10.2. The molecule has 0 bridgehead atoms. The van der Waals surface area contributed by atoms with E-state index >= 15 is 0 Å². The van der Waals surface area contributed by atoms with Crippen molar-refractivity contribution in [3.63, 3.8) is 0 Å². The Morgan fingerprint density at radius 3 is 2.67 bits per heavy atom. The summed E-state index contributed by atoms with van der Waals surface area (Å²) in [6.45, 7) is 8.51. The number of sulfonamides is 1. The molecule has 120 valence electrons. The highest BCUT2D eigenvalue weighted by Crippen LogP contribution is 2.33. The number of aryl methyl sites for hydroxylation is 1. The molecule has 1 unspecified atom stereocenters. The van der Waals surface area contributed by atoms with Gasteiger partial charge in [-0.1, -0.05) is 6.92 Å². The Balaban J connectivity index is 2.10. The SMILES string of the molecule is CCCNCc1cc(S(=O)(=O)NC(C)C2CC2)cn1CC. The van der Waals surface area contributed by atoms with E-state index < -0.39 is 10.0 Å². The van der Waals surface area contributed by atoms with Gasteiger partial charge in [0.25, 0.3) is 0 Å². The second-order valence-corrected chi connectivity index (χ2v) is 7.59. The van der Waals surface area contributed by atoms with Gasteiger partial charge in [0.2, 0.25) is 10.0 Å². The van der Waals surface area contributed by atoms with Crippen molar-refractivity contribution in [2.75, 3.05) is 6.54 Å². The summed E-state index contributed by atoms with van der Waals surface area (Å²) in [6.07, 6.45) is 5.07. The number of nitrogens with zero attached hydrogens (tertiary/aromatic N) is 1. The Morgan fingerprint density at radius 1 is 1.38 bits per heavy atom. The highest BCUT2D eigenvalue weighted by Gasteiger charge is 2.31. The Labute approximate surface area is 128 Å². The maximum Gasteiger partial charge on any atom is 0.242 e. The van der Waals surface area contributed by atoms with Gasteiger partial charge in [-0.05, 0) is 51.6 Å². The van der Waals surface area contributed by atoms with E-state index in [1.165, 1.54) is 0 Å². The van der Waals surface area contributed by atoms with E-state index in [9.17, 15) is 8.42 Å². The summed E-state index contributed by atoms with van der Waals surface area (Å²) in [7, 11) is -3.41. The summed E-state index contributed by atoms with van der Waals surface area (Å²) < 4.78 is 29.7. The van der Waals surface area contributed by atoms with Crippen molar-refractivity contribution in [2.24, 2.45) is 5.92 Å². The number of hydrogen-bond donors (Lipinski definition) is 2. The van der Waals surface area contributed by atoms with Crippen molar-refractivity contribution in [1.29, 1.82) is 0 Å². The molecule has 1 aromatic rings. The molecule has 0 radical (unpaired) electrons. The third kappa shape index (κ3) is 4.31. The lowest BCUT2D eigenvalue weighted by Crippen LogP contribution is -2.33. The summed E-state index contributed by atoms with van der Waals surface area (Å²) in [4.78, 5) is 0.380.